The number of ether oxygens (including phenoxy) is 2. The van der Waals surface area contributed by atoms with E-state index < -0.39 is 0 Å². The van der Waals surface area contributed by atoms with Crippen LogP contribution in [0.15, 0.2) is 6.07 Å². The van der Waals surface area contributed by atoms with Crippen molar-refractivity contribution < 1.29 is 14.6 Å². The first-order valence-electron chi connectivity index (χ1n) is 5.79. The zero-order valence-corrected chi connectivity index (χ0v) is 10.1. The predicted octanol–water partition coefficient (Wildman–Crippen LogP) is 2.07. The fraction of sp³-hybridized carbons (Fsp3) is 0.500. The highest BCUT2D eigenvalue weighted by Crippen LogP contribution is 2.45. The number of phenols is 1. The van der Waals surface area contributed by atoms with Crippen molar-refractivity contribution in [2.24, 2.45) is 0 Å². The Bertz CT molecular complexity index is 444. The van der Waals surface area contributed by atoms with Gasteiger partial charge in [-0.05, 0) is 25.8 Å². The lowest BCUT2D eigenvalue weighted by atomic mass is 10.0. The molecule has 92 valence electrons. The molecule has 4 nitrogen and oxygen atoms in total. The predicted molar refractivity (Wildman–Crippen MR) is 64.0 cm³/mol. The summed E-state index contributed by atoms with van der Waals surface area (Å²) >= 11 is 5.98. The summed E-state index contributed by atoms with van der Waals surface area (Å²) in [6.07, 6.45) is 3.01. The SMILES string of the molecule is Oc1c(Cl)cc2c(c1CC1CCCN1)OCO2. The minimum Gasteiger partial charge on any atom is -0.506 e. The van der Waals surface area contributed by atoms with E-state index in [1.165, 1.54) is 6.42 Å². The second-order valence-electron chi connectivity index (χ2n) is 4.42. The maximum atomic E-state index is 10.0. The minimum atomic E-state index is 0.115. The molecule has 2 aliphatic heterocycles. The molecule has 0 aliphatic carbocycles. The Morgan fingerprint density at radius 3 is 3.12 bits per heavy atom. The quantitative estimate of drug-likeness (QED) is 0.850. The average molecular weight is 256 g/mol. The topological polar surface area (TPSA) is 50.7 Å². The maximum absolute atomic E-state index is 10.0. The van der Waals surface area contributed by atoms with Gasteiger partial charge in [0.1, 0.15) is 5.75 Å². The van der Waals surface area contributed by atoms with Gasteiger partial charge in [0.25, 0.3) is 0 Å². The molecule has 2 N–H and O–H groups in total. The molecule has 17 heavy (non-hydrogen) atoms. The first-order valence-corrected chi connectivity index (χ1v) is 6.17. The number of hydrogen-bond donors (Lipinski definition) is 2. The van der Waals surface area contributed by atoms with Crippen molar-refractivity contribution in [3.63, 3.8) is 0 Å². The maximum Gasteiger partial charge on any atom is 0.231 e. The Hall–Kier alpha value is -1.13. The van der Waals surface area contributed by atoms with Gasteiger partial charge in [0.15, 0.2) is 11.5 Å². The fourth-order valence-electron chi connectivity index (χ4n) is 2.43. The Balaban J connectivity index is 1.96. The van der Waals surface area contributed by atoms with Gasteiger partial charge in [-0.25, -0.2) is 0 Å². The summed E-state index contributed by atoms with van der Waals surface area (Å²) in [5.74, 6) is 1.38. The van der Waals surface area contributed by atoms with E-state index in [4.69, 9.17) is 21.1 Å². The highest BCUT2D eigenvalue weighted by molar-refractivity contribution is 6.32. The monoisotopic (exact) mass is 255 g/mol. The molecule has 1 aromatic rings. The minimum absolute atomic E-state index is 0.115. The Morgan fingerprint density at radius 1 is 1.47 bits per heavy atom. The molecule has 0 spiro atoms. The number of phenolic OH excluding ortho intramolecular Hbond substituents is 1. The normalized spacial score (nSPS) is 22.1. The van der Waals surface area contributed by atoms with Crippen molar-refractivity contribution in [1.29, 1.82) is 0 Å². The number of aromatic hydroxyl groups is 1. The van der Waals surface area contributed by atoms with Crippen LogP contribution in [0.1, 0.15) is 18.4 Å². The number of halogens is 1. The van der Waals surface area contributed by atoms with Crippen LogP contribution in [0.4, 0.5) is 0 Å². The van der Waals surface area contributed by atoms with Crippen LogP contribution in [0.2, 0.25) is 5.02 Å². The molecule has 2 heterocycles. The molecule has 3 rings (SSSR count). The zero-order chi connectivity index (χ0) is 11.8. The number of rotatable bonds is 2. The van der Waals surface area contributed by atoms with Crippen molar-refractivity contribution in [3.8, 4) is 17.2 Å². The molecule has 0 amide bonds. The van der Waals surface area contributed by atoms with Gasteiger partial charge in [-0.1, -0.05) is 11.6 Å². The van der Waals surface area contributed by atoms with E-state index in [-0.39, 0.29) is 12.5 Å². The molecule has 2 aliphatic rings. The number of fused-ring (bicyclic) bond motifs is 1. The summed E-state index contributed by atoms with van der Waals surface area (Å²) in [5, 5.41) is 13.7. The van der Waals surface area contributed by atoms with Gasteiger partial charge in [0, 0.05) is 17.7 Å². The molecule has 1 aromatic carbocycles. The summed E-state index contributed by atoms with van der Waals surface area (Å²) in [6, 6.07) is 1.98. The van der Waals surface area contributed by atoms with E-state index in [0.717, 1.165) is 24.9 Å². The van der Waals surface area contributed by atoms with Crippen LogP contribution in [0, 0.1) is 0 Å². The van der Waals surface area contributed by atoms with Crippen molar-refractivity contribution in [1.82, 2.24) is 5.32 Å². The third-order valence-corrected chi connectivity index (χ3v) is 3.59. The van der Waals surface area contributed by atoms with Crippen LogP contribution in [0.3, 0.4) is 0 Å². The first-order chi connectivity index (χ1) is 8.25. The number of benzene rings is 1. The standard InChI is InChI=1S/C12H14ClNO3/c13-9-5-10-12(17-6-16-10)8(11(9)15)4-7-2-1-3-14-7/h5,7,14-15H,1-4,6H2. The van der Waals surface area contributed by atoms with E-state index in [0.29, 0.717) is 22.6 Å². The molecule has 0 aromatic heterocycles. The van der Waals surface area contributed by atoms with Gasteiger partial charge in [-0.15, -0.1) is 0 Å². The van der Waals surface area contributed by atoms with Gasteiger partial charge >= 0.3 is 0 Å². The van der Waals surface area contributed by atoms with Gasteiger partial charge < -0.3 is 19.9 Å². The molecule has 1 atom stereocenters. The average Bonchev–Trinajstić information content (AvgIpc) is 2.94. The Kier molecular flexibility index (Phi) is 2.76. The molecule has 1 unspecified atom stereocenters. The van der Waals surface area contributed by atoms with E-state index >= 15 is 0 Å². The van der Waals surface area contributed by atoms with Crippen molar-refractivity contribution in [2.75, 3.05) is 13.3 Å². The van der Waals surface area contributed by atoms with Crippen LogP contribution in [-0.2, 0) is 6.42 Å². The smallest absolute Gasteiger partial charge is 0.231 e. The molecule has 0 bridgehead atoms. The summed E-state index contributed by atoms with van der Waals surface area (Å²) < 4.78 is 10.7. The summed E-state index contributed by atoms with van der Waals surface area (Å²) in [4.78, 5) is 0. The van der Waals surface area contributed by atoms with Crippen LogP contribution in [-0.4, -0.2) is 24.5 Å². The third-order valence-electron chi connectivity index (χ3n) is 3.30. The van der Waals surface area contributed by atoms with Crippen molar-refractivity contribution in [3.05, 3.63) is 16.7 Å². The summed E-state index contributed by atoms with van der Waals surface area (Å²) in [5.41, 5.74) is 0.754. The summed E-state index contributed by atoms with van der Waals surface area (Å²) in [7, 11) is 0. The summed E-state index contributed by atoms with van der Waals surface area (Å²) in [6.45, 7) is 1.23. The van der Waals surface area contributed by atoms with Crippen LogP contribution in [0.5, 0.6) is 17.2 Å². The van der Waals surface area contributed by atoms with Gasteiger partial charge in [0.05, 0.1) is 5.02 Å². The van der Waals surface area contributed by atoms with Crippen molar-refractivity contribution in [2.45, 2.75) is 25.3 Å². The van der Waals surface area contributed by atoms with Gasteiger partial charge in [-0.3, -0.25) is 0 Å². The van der Waals surface area contributed by atoms with Gasteiger partial charge in [0.2, 0.25) is 6.79 Å². The molecule has 0 radical (unpaired) electrons. The van der Waals surface area contributed by atoms with E-state index in [1.807, 2.05) is 0 Å². The lowest BCUT2D eigenvalue weighted by Crippen LogP contribution is -2.23. The van der Waals surface area contributed by atoms with Crippen molar-refractivity contribution >= 4 is 11.6 Å². The molecule has 5 heteroatoms. The highest BCUT2D eigenvalue weighted by atomic mass is 35.5. The van der Waals surface area contributed by atoms with Crippen LogP contribution >= 0.6 is 11.6 Å². The lowest BCUT2D eigenvalue weighted by Gasteiger charge is -2.14. The molecule has 0 saturated carbocycles. The van der Waals surface area contributed by atoms with E-state index in [1.54, 1.807) is 6.07 Å². The first kappa shape index (κ1) is 11.0. The lowest BCUT2D eigenvalue weighted by molar-refractivity contribution is 0.173. The van der Waals surface area contributed by atoms with E-state index in [9.17, 15) is 5.11 Å². The number of nitrogens with one attached hydrogen (secondary N) is 1. The molecular formula is C12H14ClNO3. The highest BCUT2D eigenvalue weighted by Gasteiger charge is 2.26. The Labute approximate surface area is 104 Å². The third kappa shape index (κ3) is 1.91. The second-order valence-corrected chi connectivity index (χ2v) is 4.82. The zero-order valence-electron chi connectivity index (χ0n) is 9.33. The molecular weight excluding hydrogens is 242 g/mol. The van der Waals surface area contributed by atoms with Gasteiger partial charge in [-0.2, -0.15) is 0 Å². The van der Waals surface area contributed by atoms with E-state index in [2.05, 4.69) is 5.32 Å². The van der Waals surface area contributed by atoms with Crippen LogP contribution in [0.25, 0.3) is 0 Å². The molecule has 1 fully saturated rings. The second kappa shape index (κ2) is 4.27. The van der Waals surface area contributed by atoms with Crippen LogP contribution < -0.4 is 14.8 Å². The number of hydrogen-bond acceptors (Lipinski definition) is 4. The largest absolute Gasteiger partial charge is 0.506 e. The fourth-order valence-corrected chi connectivity index (χ4v) is 2.65. The Morgan fingerprint density at radius 2 is 2.35 bits per heavy atom. The molecule has 1 saturated heterocycles.